The molecule has 0 spiro atoms. The standard InChI is InChI=1S/C18H26F3N5O2.HI/c1-12(2)16(27)26-9-6-13(11-26)25-17(22-3)24-8-10-28-15-14(18(19,20)21)5-4-7-23-15;/h4-5,7,12-13H,6,8-11H2,1-3H3,(H2,22,24,25);1H. The first-order valence-corrected chi connectivity index (χ1v) is 9.13. The fourth-order valence-corrected chi connectivity index (χ4v) is 2.87. The van der Waals surface area contributed by atoms with Gasteiger partial charge in [0.25, 0.3) is 0 Å². The number of hydrogen-bond donors (Lipinski definition) is 2. The fourth-order valence-electron chi connectivity index (χ4n) is 2.87. The van der Waals surface area contributed by atoms with Crippen LogP contribution in [0.25, 0.3) is 0 Å². The van der Waals surface area contributed by atoms with Crippen LogP contribution in [0.1, 0.15) is 25.8 Å². The normalized spacial score (nSPS) is 17.1. The Labute approximate surface area is 185 Å². The molecule has 0 radical (unpaired) electrons. The molecule has 7 nitrogen and oxygen atoms in total. The average molecular weight is 529 g/mol. The summed E-state index contributed by atoms with van der Waals surface area (Å²) in [6.07, 6.45) is -2.46. The van der Waals surface area contributed by atoms with Gasteiger partial charge in [0.05, 0.1) is 6.54 Å². The van der Waals surface area contributed by atoms with E-state index in [0.29, 0.717) is 19.0 Å². The Morgan fingerprint density at radius 3 is 2.79 bits per heavy atom. The molecule has 1 saturated heterocycles. The third-order valence-corrected chi connectivity index (χ3v) is 4.27. The zero-order valence-electron chi connectivity index (χ0n) is 16.6. The van der Waals surface area contributed by atoms with Crippen molar-refractivity contribution in [3.63, 3.8) is 0 Å². The molecule has 1 amide bonds. The van der Waals surface area contributed by atoms with E-state index >= 15 is 0 Å². The van der Waals surface area contributed by atoms with Gasteiger partial charge >= 0.3 is 6.18 Å². The van der Waals surface area contributed by atoms with E-state index in [-0.39, 0.29) is 55.0 Å². The molecule has 1 aliphatic rings. The predicted octanol–water partition coefficient (Wildman–Crippen LogP) is 2.52. The number of ether oxygens (including phenoxy) is 1. The van der Waals surface area contributed by atoms with Crippen molar-refractivity contribution >= 4 is 35.8 Å². The third-order valence-electron chi connectivity index (χ3n) is 4.27. The Bertz CT molecular complexity index is 700. The molecule has 2 N–H and O–H groups in total. The zero-order valence-corrected chi connectivity index (χ0v) is 19.0. The highest BCUT2D eigenvalue weighted by Gasteiger charge is 2.35. The number of carbonyl (C=O) groups excluding carboxylic acids is 1. The van der Waals surface area contributed by atoms with E-state index in [9.17, 15) is 18.0 Å². The van der Waals surface area contributed by atoms with Crippen LogP contribution < -0.4 is 15.4 Å². The Hall–Kier alpha value is -1.79. The number of rotatable bonds is 6. The predicted molar refractivity (Wildman–Crippen MR) is 114 cm³/mol. The van der Waals surface area contributed by atoms with E-state index in [1.165, 1.54) is 12.3 Å². The van der Waals surface area contributed by atoms with Crippen LogP contribution in [-0.4, -0.2) is 61.1 Å². The van der Waals surface area contributed by atoms with Gasteiger partial charge in [-0.1, -0.05) is 13.8 Å². The smallest absolute Gasteiger partial charge is 0.421 e. The number of hydrogen-bond acceptors (Lipinski definition) is 4. The van der Waals surface area contributed by atoms with E-state index in [2.05, 4.69) is 20.6 Å². The summed E-state index contributed by atoms with van der Waals surface area (Å²) >= 11 is 0. The monoisotopic (exact) mass is 529 g/mol. The molecule has 29 heavy (non-hydrogen) atoms. The number of aromatic nitrogens is 1. The van der Waals surface area contributed by atoms with E-state index in [1.807, 2.05) is 18.7 Å². The molecule has 164 valence electrons. The molecule has 1 atom stereocenters. The van der Waals surface area contributed by atoms with Crippen LogP contribution in [0, 0.1) is 5.92 Å². The minimum Gasteiger partial charge on any atom is -0.475 e. The number of halogens is 4. The summed E-state index contributed by atoms with van der Waals surface area (Å²) in [6.45, 7) is 5.26. The van der Waals surface area contributed by atoms with Crippen LogP contribution in [0.4, 0.5) is 13.2 Å². The van der Waals surface area contributed by atoms with Gasteiger partial charge in [0, 0.05) is 38.3 Å². The first kappa shape index (κ1) is 25.2. The summed E-state index contributed by atoms with van der Waals surface area (Å²) in [6, 6.07) is 2.22. The summed E-state index contributed by atoms with van der Waals surface area (Å²) in [5.41, 5.74) is -0.904. The summed E-state index contributed by atoms with van der Waals surface area (Å²) in [4.78, 5) is 21.6. The summed E-state index contributed by atoms with van der Waals surface area (Å²) < 4.78 is 43.9. The zero-order chi connectivity index (χ0) is 20.7. The van der Waals surface area contributed by atoms with Crippen LogP contribution in [0.2, 0.25) is 0 Å². The fraction of sp³-hybridized carbons (Fsp3) is 0.611. The second-order valence-corrected chi connectivity index (χ2v) is 6.77. The van der Waals surface area contributed by atoms with Crippen molar-refractivity contribution in [2.45, 2.75) is 32.5 Å². The van der Waals surface area contributed by atoms with Gasteiger partial charge in [0.2, 0.25) is 11.8 Å². The average Bonchev–Trinajstić information content (AvgIpc) is 3.11. The van der Waals surface area contributed by atoms with Gasteiger partial charge in [-0.25, -0.2) is 4.98 Å². The molecule has 0 aliphatic carbocycles. The summed E-state index contributed by atoms with van der Waals surface area (Å²) in [5, 5.41) is 6.21. The molecule has 1 aromatic heterocycles. The maximum Gasteiger partial charge on any atom is 0.421 e. The molecule has 1 aliphatic heterocycles. The minimum atomic E-state index is -4.52. The van der Waals surface area contributed by atoms with Gasteiger partial charge in [-0.2, -0.15) is 13.2 Å². The second-order valence-electron chi connectivity index (χ2n) is 6.77. The van der Waals surface area contributed by atoms with Gasteiger partial charge < -0.3 is 20.3 Å². The number of nitrogens with zero attached hydrogens (tertiary/aromatic N) is 3. The number of alkyl halides is 3. The highest BCUT2D eigenvalue weighted by atomic mass is 127. The number of carbonyl (C=O) groups is 1. The molecule has 2 rings (SSSR count). The van der Waals surface area contributed by atoms with Crippen molar-refractivity contribution in [2.24, 2.45) is 10.9 Å². The quantitative estimate of drug-likeness (QED) is 0.257. The van der Waals surface area contributed by atoms with Crippen LogP contribution in [0.15, 0.2) is 23.3 Å². The Morgan fingerprint density at radius 1 is 1.45 bits per heavy atom. The van der Waals surface area contributed by atoms with Crippen molar-refractivity contribution < 1.29 is 22.7 Å². The molecule has 0 saturated carbocycles. The summed E-state index contributed by atoms with van der Waals surface area (Å²) in [5.74, 6) is 0.140. The highest BCUT2D eigenvalue weighted by molar-refractivity contribution is 14.0. The van der Waals surface area contributed by atoms with Gasteiger partial charge in [-0.15, -0.1) is 24.0 Å². The lowest BCUT2D eigenvalue weighted by Crippen LogP contribution is -2.46. The molecule has 1 aromatic rings. The van der Waals surface area contributed by atoms with E-state index in [0.717, 1.165) is 12.5 Å². The Balaban J connectivity index is 0.00000420. The number of likely N-dealkylation sites (tertiary alicyclic amines) is 1. The first-order chi connectivity index (χ1) is 13.2. The van der Waals surface area contributed by atoms with Gasteiger partial charge in [-0.3, -0.25) is 9.79 Å². The topological polar surface area (TPSA) is 78.9 Å². The molecule has 0 aromatic carbocycles. The van der Waals surface area contributed by atoms with E-state index < -0.39 is 17.6 Å². The molecule has 11 heteroatoms. The lowest BCUT2D eigenvalue weighted by molar-refractivity contribution is -0.139. The largest absolute Gasteiger partial charge is 0.475 e. The lowest BCUT2D eigenvalue weighted by atomic mass is 10.2. The maximum absolute atomic E-state index is 12.9. The molecule has 2 heterocycles. The van der Waals surface area contributed by atoms with Crippen molar-refractivity contribution in [2.75, 3.05) is 33.3 Å². The minimum absolute atomic E-state index is 0. The third kappa shape index (κ3) is 7.52. The number of guanidine groups is 1. The number of amides is 1. The van der Waals surface area contributed by atoms with Gasteiger partial charge in [0.1, 0.15) is 12.2 Å². The van der Waals surface area contributed by atoms with E-state index in [1.54, 1.807) is 7.05 Å². The number of nitrogens with one attached hydrogen (secondary N) is 2. The molecule has 0 bridgehead atoms. The number of pyridine rings is 1. The summed E-state index contributed by atoms with van der Waals surface area (Å²) in [7, 11) is 1.60. The van der Waals surface area contributed by atoms with Gasteiger partial charge in [0.15, 0.2) is 5.96 Å². The van der Waals surface area contributed by atoms with Crippen LogP contribution in [-0.2, 0) is 11.0 Å². The molecular formula is C18H27F3IN5O2. The second kappa shape index (κ2) is 11.4. The van der Waals surface area contributed by atoms with E-state index in [4.69, 9.17) is 4.74 Å². The van der Waals surface area contributed by atoms with Crippen molar-refractivity contribution in [3.05, 3.63) is 23.9 Å². The molecule has 1 unspecified atom stereocenters. The Morgan fingerprint density at radius 2 is 2.17 bits per heavy atom. The number of aliphatic imine (C=N–C) groups is 1. The van der Waals surface area contributed by atoms with Crippen molar-refractivity contribution in [1.82, 2.24) is 20.5 Å². The van der Waals surface area contributed by atoms with Crippen molar-refractivity contribution in [1.29, 1.82) is 0 Å². The lowest BCUT2D eigenvalue weighted by Gasteiger charge is -2.20. The Kier molecular flexibility index (Phi) is 9.93. The molecular weight excluding hydrogens is 502 g/mol. The van der Waals surface area contributed by atoms with Crippen LogP contribution in [0.5, 0.6) is 5.88 Å². The SMILES string of the molecule is CN=C(NCCOc1ncccc1C(F)(F)F)NC1CCN(C(=O)C(C)C)C1.I. The molecule has 1 fully saturated rings. The van der Waals surface area contributed by atoms with Crippen LogP contribution >= 0.6 is 24.0 Å². The van der Waals surface area contributed by atoms with Crippen molar-refractivity contribution in [3.8, 4) is 5.88 Å². The van der Waals surface area contributed by atoms with Crippen LogP contribution in [0.3, 0.4) is 0 Å². The van der Waals surface area contributed by atoms with Gasteiger partial charge in [-0.05, 0) is 18.6 Å². The highest BCUT2D eigenvalue weighted by Crippen LogP contribution is 2.34. The maximum atomic E-state index is 12.9. The first-order valence-electron chi connectivity index (χ1n) is 9.13.